The second-order valence-corrected chi connectivity index (χ2v) is 9.14. The van der Waals surface area contributed by atoms with E-state index in [9.17, 15) is 4.39 Å². The van der Waals surface area contributed by atoms with E-state index in [1.54, 1.807) is 12.1 Å². The van der Waals surface area contributed by atoms with Crippen molar-refractivity contribution in [2.45, 2.75) is 44.9 Å². The number of rotatable bonds is 1. The molecule has 0 N–H and O–H groups in total. The number of aromatic nitrogens is 2. The third-order valence-corrected chi connectivity index (χ3v) is 7.94. The van der Waals surface area contributed by atoms with Gasteiger partial charge in [0.15, 0.2) is 0 Å². The Morgan fingerprint density at radius 3 is 2.96 bits per heavy atom. The van der Waals surface area contributed by atoms with Crippen LogP contribution in [0.5, 0.6) is 0 Å². The summed E-state index contributed by atoms with van der Waals surface area (Å²) >= 11 is 0. The molecule has 1 aromatic heterocycles. The number of imidazole rings is 1. The molecule has 0 aliphatic heterocycles. The van der Waals surface area contributed by atoms with Gasteiger partial charge in [-0.05, 0) is 85.3 Å². The molecular formula is C25H25FN2. The monoisotopic (exact) mass is 372 g/mol. The molecule has 0 amide bonds. The third-order valence-electron chi connectivity index (χ3n) is 7.94. The first-order valence-corrected chi connectivity index (χ1v) is 10.6. The fourth-order valence-corrected chi connectivity index (χ4v) is 6.62. The summed E-state index contributed by atoms with van der Waals surface area (Å²) in [5.74, 6) is 1.87. The van der Waals surface area contributed by atoms with Gasteiger partial charge in [0, 0.05) is 11.1 Å². The van der Waals surface area contributed by atoms with Crippen LogP contribution in [0.4, 0.5) is 4.39 Å². The van der Waals surface area contributed by atoms with E-state index in [1.165, 1.54) is 41.6 Å². The van der Waals surface area contributed by atoms with Gasteiger partial charge in [0.25, 0.3) is 0 Å². The summed E-state index contributed by atoms with van der Waals surface area (Å²) in [7, 11) is 0. The fourth-order valence-electron chi connectivity index (χ4n) is 6.62. The third kappa shape index (κ3) is 2.16. The number of hydrogen-bond donors (Lipinski definition) is 0. The van der Waals surface area contributed by atoms with Crippen molar-refractivity contribution in [1.82, 2.24) is 9.55 Å². The van der Waals surface area contributed by atoms with E-state index in [-0.39, 0.29) is 11.2 Å². The molecule has 2 aromatic carbocycles. The molecule has 0 unspecified atom stereocenters. The molecule has 3 aliphatic carbocycles. The van der Waals surface area contributed by atoms with Crippen molar-refractivity contribution >= 4 is 16.7 Å². The number of allylic oxidation sites excluding steroid dienone is 2. The lowest BCUT2D eigenvalue weighted by Gasteiger charge is -2.50. The number of para-hydroxylation sites is 2. The van der Waals surface area contributed by atoms with Crippen LogP contribution in [-0.2, 0) is 6.42 Å². The summed E-state index contributed by atoms with van der Waals surface area (Å²) in [5.41, 5.74) is 6.58. The zero-order valence-corrected chi connectivity index (χ0v) is 16.2. The van der Waals surface area contributed by atoms with Gasteiger partial charge >= 0.3 is 0 Å². The molecule has 1 fully saturated rings. The van der Waals surface area contributed by atoms with Crippen LogP contribution >= 0.6 is 0 Å². The van der Waals surface area contributed by atoms with Gasteiger partial charge in [-0.3, -0.25) is 0 Å². The van der Waals surface area contributed by atoms with Crippen molar-refractivity contribution in [3.63, 3.8) is 0 Å². The zero-order chi connectivity index (χ0) is 18.9. The molecule has 3 aliphatic rings. The minimum absolute atomic E-state index is 0.0883. The number of nitrogens with zero attached hydrogens (tertiary/aromatic N) is 2. The standard InChI is InChI=1S/C25H25FN2/c1-25-13-12-19-18-9-7-17(26)14-16(18)6-8-20(19)21(25)10-11-24(25)28-15-27-22-4-2-3-5-23(22)28/h2-5,7,9,11,14-15,19-21H,6,8,10,12-13H2,1H3/t19-,20-,21+,25+/m1/s1. The van der Waals surface area contributed by atoms with Gasteiger partial charge in [-0.2, -0.15) is 0 Å². The van der Waals surface area contributed by atoms with E-state index < -0.39 is 0 Å². The maximum absolute atomic E-state index is 13.7. The van der Waals surface area contributed by atoms with Crippen molar-refractivity contribution in [1.29, 1.82) is 0 Å². The van der Waals surface area contributed by atoms with Crippen LogP contribution in [0.3, 0.4) is 0 Å². The quantitative estimate of drug-likeness (QED) is 0.498. The number of fused-ring (bicyclic) bond motifs is 6. The average Bonchev–Trinajstić information content (AvgIpc) is 3.28. The lowest BCUT2D eigenvalue weighted by Crippen LogP contribution is -2.41. The van der Waals surface area contributed by atoms with Crippen LogP contribution in [0.25, 0.3) is 16.7 Å². The van der Waals surface area contributed by atoms with Gasteiger partial charge in [0.1, 0.15) is 12.1 Å². The molecule has 6 rings (SSSR count). The highest BCUT2D eigenvalue weighted by Crippen LogP contribution is 2.62. The average molecular weight is 372 g/mol. The Balaban J connectivity index is 1.38. The van der Waals surface area contributed by atoms with Gasteiger partial charge in [-0.1, -0.05) is 31.2 Å². The zero-order valence-electron chi connectivity index (χ0n) is 16.2. The molecule has 0 radical (unpaired) electrons. The Morgan fingerprint density at radius 1 is 1.14 bits per heavy atom. The van der Waals surface area contributed by atoms with E-state index in [0.29, 0.717) is 17.8 Å². The molecule has 1 saturated carbocycles. The second-order valence-electron chi connectivity index (χ2n) is 9.14. The molecular weight excluding hydrogens is 347 g/mol. The van der Waals surface area contributed by atoms with Crippen LogP contribution in [0.2, 0.25) is 0 Å². The lowest BCUT2D eigenvalue weighted by molar-refractivity contribution is 0.0855. The highest BCUT2D eigenvalue weighted by atomic mass is 19.1. The number of benzene rings is 2. The Morgan fingerprint density at radius 2 is 2.04 bits per heavy atom. The Hall–Kier alpha value is -2.42. The first-order chi connectivity index (χ1) is 13.6. The van der Waals surface area contributed by atoms with Crippen molar-refractivity contribution < 1.29 is 4.39 Å². The van der Waals surface area contributed by atoms with Gasteiger partial charge < -0.3 is 4.57 Å². The predicted octanol–water partition coefficient (Wildman–Crippen LogP) is 6.18. The van der Waals surface area contributed by atoms with Crippen LogP contribution in [0, 0.1) is 23.1 Å². The summed E-state index contributed by atoms with van der Waals surface area (Å²) < 4.78 is 16.0. The Kier molecular flexibility index (Phi) is 3.42. The highest BCUT2D eigenvalue weighted by molar-refractivity contribution is 5.80. The normalized spacial score (nSPS) is 31.2. The minimum Gasteiger partial charge on any atom is -0.302 e. The van der Waals surface area contributed by atoms with Gasteiger partial charge in [-0.15, -0.1) is 0 Å². The molecule has 0 spiro atoms. The summed E-state index contributed by atoms with van der Waals surface area (Å²) in [5, 5.41) is 0. The molecule has 4 atom stereocenters. The van der Waals surface area contributed by atoms with Gasteiger partial charge in [-0.25, -0.2) is 9.37 Å². The Bertz CT molecular complexity index is 1110. The molecule has 0 saturated heterocycles. The largest absolute Gasteiger partial charge is 0.302 e. The maximum atomic E-state index is 13.7. The van der Waals surface area contributed by atoms with E-state index in [0.717, 1.165) is 18.4 Å². The van der Waals surface area contributed by atoms with E-state index in [1.807, 2.05) is 6.33 Å². The van der Waals surface area contributed by atoms with E-state index in [2.05, 4.69) is 52.9 Å². The summed E-state index contributed by atoms with van der Waals surface area (Å²) in [4.78, 5) is 4.64. The highest BCUT2D eigenvalue weighted by Gasteiger charge is 2.52. The lowest BCUT2D eigenvalue weighted by atomic mass is 9.55. The van der Waals surface area contributed by atoms with Crippen LogP contribution in [0.15, 0.2) is 54.9 Å². The topological polar surface area (TPSA) is 17.8 Å². The van der Waals surface area contributed by atoms with E-state index in [4.69, 9.17) is 0 Å². The van der Waals surface area contributed by atoms with Crippen LogP contribution < -0.4 is 0 Å². The molecule has 142 valence electrons. The van der Waals surface area contributed by atoms with Crippen molar-refractivity contribution in [3.8, 4) is 0 Å². The smallest absolute Gasteiger partial charge is 0.123 e. The minimum atomic E-state index is -0.0883. The second kappa shape index (κ2) is 5.79. The molecule has 0 bridgehead atoms. The molecule has 2 nitrogen and oxygen atoms in total. The molecule has 3 aromatic rings. The predicted molar refractivity (Wildman–Crippen MR) is 110 cm³/mol. The fraction of sp³-hybridized carbons (Fsp3) is 0.400. The van der Waals surface area contributed by atoms with Crippen molar-refractivity contribution in [2.24, 2.45) is 17.3 Å². The van der Waals surface area contributed by atoms with Crippen molar-refractivity contribution in [3.05, 3.63) is 71.8 Å². The van der Waals surface area contributed by atoms with Gasteiger partial charge in [0.05, 0.1) is 11.0 Å². The van der Waals surface area contributed by atoms with Crippen molar-refractivity contribution in [2.75, 3.05) is 0 Å². The summed E-state index contributed by atoms with van der Waals surface area (Å²) in [6.07, 6.45) is 10.2. The number of hydrogen-bond acceptors (Lipinski definition) is 1. The summed E-state index contributed by atoms with van der Waals surface area (Å²) in [6.45, 7) is 2.47. The summed E-state index contributed by atoms with van der Waals surface area (Å²) in [6, 6.07) is 13.9. The SMILES string of the molecule is C[C@]12CC[C@@H]3c4ccc(F)cc4CC[C@H]3[C@@H]1CC=C2n1cnc2ccccc21. The molecule has 3 heteroatoms. The molecule has 1 heterocycles. The maximum Gasteiger partial charge on any atom is 0.123 e. The van der Waals surface area contributed by atoms with Crippen LogP contribution in [-0.4, -0.2) is 9.55 Å². The first kappa shape index (κ1) is 16.5. The first-order valence-electron chi connectivity index (χ1n) is 10.6. The number of halogens is 1. The molecule has 28 heavy (non-hydrogen) atoms. The Labute approximate surface area is 165 Å². The van der Waals surface area contributed by atoms with E-state index >= 15 is 0 Å². The van der Waals surface area contributed by atoms with Gasteiger partial charge in [0.2, 0.25) is 0 Å². The van der Waals surface area contributed by atoms with Crippen LogP contribution in [0.1, 0.15) is 49.7 Å². The number of aryl methyl sites for hydroxylation is 1.